The largest absolute Gasteiger partial charge is 0.450 e. The van der Waals surface area contributed by atoms with Crippen molar-refractivity contribution < 1.29 is 9.53 Å². The molecule has 0 saturated heterocycles. The lowest BCUT2D eigenvalue weighted by atomic mass is 10.1. The Morgan fingerprint density at radius 3 is 2.88 bits per heavy atom. The first-order chi connectivity index (χ1) is 8.34. The van der Waals surface area contributed by atoms with E-state index in [9.17, 15) is 4.79 Å². The molecule has 1 aliphatic rings. The molecule has 1 aromatic carbocycles. The maximum Gasteiger partial charge on any atom is 0.339 e. The lowest BCUT2D eigenvalue weighted by Crippen LogP contribution is -1.95. The first kappa shape index (κ1) is 10.3. The van der Waals surface area contributed by atoms with E-state index in [1.165, 1.54) is 0 Å². The van der Waals surface area contributed by atoms with Gasteiger partial charge in [-0.05, 0) is 29.7 Å². The van der Waals surface area contributed by atoms with Crippen molar-refractivity contribution in [1.82, 2.24) is 0 Å². The van der Waals surface area contributed by atoms with E-state index in [1.807, 2.05) is 47.9 Å². The van der Waals surface area contributed by atoms with Gasteiger partial charge in [0, 0.05) is 10.4 Å². The standard InChI is InChI=1S/C14H10O2S/c15-14-12-6-2-1-5-11(12)13(16-14)8-7-10-4-3-9-17-10/h1-9,13H/b8-7+. The van der Waals surface area contributed by atoms with E-state index in [0.29, 0.717) is 5.56 Å². The summed E-state index contributed by atoms with van der Waals surface area (Å²) >= 11 is 1.66. The Labute approximate surface area is 103 Å². The Hall–Kier alpha value is -1.87. The second-order valence-corrected chi connectivity index (χ2v) is 4.77. The van der Waals surface area contributed by atoms with Crippen LogP contribution in [0.2, 0.25) is 0 Å². The van der Waals surface area contributed by atoms with Crippen molar-refractivity contribution in [2.45, 2.75) is 6.10 Å². The summed E-state index contributed by atoms with van der Waals surface area (Å²) in [5, 5.41) is 2.02. The number of rotatable bonds is 2. The van der Waals surface area contributed by atoms with Gasteiger partial charge < -0.3 is 4.74 Å². The monoisotopic (exact) mass is 242 g/mol. The van der Waals surface area contributed by atoms with Crippen LogP contribution in [-0.2, 0) is 4.74 Å². The summed E-state index contributed by atoms with van der Waals surface area (Å²) in [6.07, 6.45) is 3.67. The highest BCUT2D eigenvalue weighted by Crippen LogP contribution is 2.31. The molecule has 0 N–H and O–H groups in total. The van der Waals surface area contributed by atoms with E-state index in [2.05, 4.69) is 0 Å². The van der Waals surface area contributed by atoms with Crippen LogP contribution in [0.5, 0.6) is 0 Å². The van der Waals surface area contributed by atoms with Crippen molar-refractivity contribution in [2.24, 2.45) is 0 Å². The molecule has 1 aliphatic heterocycles. The second-order valence-electron chi connectivity index (χ2n) is 3.79. The normalized spacial score (nSPS) is 18.4. The molecule has 2 aromatic rings. The molecule has 0 bridgehead atoms. The van der Waals surface area contributed by atoms with Gasteiger partial charge in [-0.1, -0.05) is 24.3 Å². The zero-order valence-corrected chi connectivity index (χ0v) is 9.81. The van der Waals surface area contributed by atoms with E-state index >= 15 is 0 Å². The van der Waals surface area contributed by atoms with Crippen LogP contribution in [0, 0.1) is 0 Å². The van der Waals surface area contributed by atoms with E-state index in [1.54, 1.807) is 17.4 Å². The van der Waals surface area contributed by atoms with Gasteiger partial charge in [0.1, 0.15) is 6.10 Å². The fourth-order valence-corrected chi connectivity index (χ4v) is 2.51. The molecule has 2 heterocycles. The summed E-state index contributed by atoms with van der Waals surface area (Å²) in [5.74, 6) is -0.235. The predicted molar refractivity (Wildman–Crippen MR) is 68.0 cm³/mol. The smallest absolute Gasteiger partial charge is 0.339 e. The zero-order chi connectivity index (χ0) is 11.7. The third-order valence-corrected chi connectivity index (χ3v) is 3.54. The third kappa shape index (κ3) is 1.89. The molecule has 17 heavy (non-hydrogen) atoms. The van der Waals surface area contributed by atoms with Crippen molar-refractivity contribution in [3.8, 4) is 0 Å². The molecule has 3 rings (SSSR count). The molecular formula is C14H10O2S. The van der Waals surface area contributed by atoms with Crippen LogP contribution in [0.15, 0.2) is 47.9 Å². The Kier molecular flexibility index (Phi) is 2.53. The number of benzene rings is 1. The topological polar surface area (TPSA) is 26.3 Å². The highest BCUT2D eigenvalue weighted by atomic mass is 32.1. The molecule has 0 spiro atoms. The minimum absolute atomic E-state index is 0.235. The average Bonchev–Trinajstić information content (AvgIpc) is 2.96. The number of esters is 1. The molecule has 1 unspecified atom stereocenters. The van der Waals surface area contributed by atoms with Gasteiger partial charge >= 0.3 is 5.97 Å². The van der Waals surface area contributed by atoms with E-state index in [0.717, 1.165) is 10.4 Å². The first-order valence-electron chi connectivity index (χ1n) is 5.36. The third-order valence-electron chi connectivity index (χ3n) is 2.70. The highest BCUT2D eigenvalue weighted by molar-refractivity contribution is 7.10. The van der Waals surface area contributed by atoms with Crippen LogP contribution in [-0.4, -0.2) is 5.97 Å². The zero-order valence-electron chi connectivity index (χ0n) is 9.00. The van der Waals surface area contributed by atoms with Crippen LogP contribution >= 0.6 is 11.3 Å². The molecule has 0 fully saturated rings. The van der Waals surface area contributed by atoms with Crippen molar-refractivity contribution in [3.63, 3.8) is 0 Å². The van der Waals surface area contributed by atoms with Crippen molar-refractivity contribution >= 4 is 23.4 Å². The van der Waals surface area contributed by atoms with Crippen LogP contribution in [0.1, 0.15) is 26.9 Å². The lowest BCUT2D eigenvalue weighted by molar-refractivity contribution is 0.0468. The number of carbonyl (C=O) groups excluding carboxylic acids is 1. The number of ether oxygens (including phenoxy) is 1. The van der Waals surface area contributed by atoms with Crippen molar-refractivity contribution in [2.75, 3.05) is 0 Å². The number of fused-ring (bicyclic) bond motifs is 1. The summed E-state index contributed by atoms with van der Waals surface area (Å²) in [7, 11) is 0. The second kappa shape index (κ2) is 4.18. The van der Waals surface area contributed by atoms with Gasteiger partial charge in [-0.15, -0.1) is 11.3 Å². The minimum atomic E-state index is -0.249. The first-order valence-corrected chi connectivity index (χ1v) is 6.24. The average molecular weight is 242 g/mol. The number of cyclic esters (lactones) is 1. The summed E-state index contributed by atoms with van der Waals surface area (Å²) < 4.78 is 5.31. The summed E-state index contributed by atoms with van der Waals surface area (Å²) in [6, 6.07) is 11.5. The van der Waals surface area contributed by atoms with Gasteiger partial charge in [-0.3, -0.25) is 0 Å². The number of hydrogen-bond donors (Lipinski definition) is 0. The van der Waals surface area contributed by atoms with Crippen LogP contribution in [0.3, 0.4) is 0 Å². The van der Waals surface area contributed by atoms with Gasteiger partial charge in [0.25, 0.3) is 0 Å². The fourth-order valence-electron chi connectivity index (χ4n) is 1.88. The molecule has 1 aromatic heterocycles. The van der Waals surface area contributed by atoms with Gasteiger partial charge in [0.2, 0.25) is 0 Å². The van der Waals surface area contributed by atoms with E-state index < -0.39 is 0 Å². The molecule has 3 heteroatoms. The Morgan fingerprint density at radius 1 is 1.18 bits per heavy atom. The maximum absolute atomic E-state index is 11.6. The number of hydrogen-bond acceptors (Lipinski definition) is 3. The molecule has 0 radical (unpaired) electrons. The number of carbonyl (C=O) groups is 1. The van der Waals surface area contributed by atoms with Gasteiger partial charge in [0.05, 0.1) is 5.56 Å². The van der Waals surface area contributed by atoms with E-state index in [-0.39, 0.29) is 12.1 Å². The molecule has 2 nitrogen and oxygen atoms in total. The molecule has 0 saturated carbocycles. The predicted octanol–water partition coefficient (Wildman–Crippen LogP) is 3.67. The quantitative estimate of drug-likeness (QED) is 0.751. The summed E-state index contributed by atoms with van der Waals surface area (Å²) in [4.78, 5) is 12.7. The Morgan fingerprint density at radius 2 is 2.06 bits per heavy atom. The van der Waals surface area contributed by atoms with Crippen LogP contribution < -0.4 is 0 Å². The van der Waals surface area contributed by atoms with E-state index in [4.69, 9.17) is 4.74 Å². The summed E-state index contributed by atoms with van der Waals surface area (Å²) in [6.45, 7) is 0. The minimum Gasteiger partial charge on any atom is -0.450 e. The molecular weight excluding hydrogens is 232 g/mol. The Balaban J connectivity index is 1.90. The summed E-state index contributed by atoms with van der Waals surface area (Å²) in [5.41, 5.74) is 1.62. The van der Waals surface area contributed by atoms with Crippen molar-refractivity contribution in [1.29, 1.82) is 0 Å². The van der Waals surface area contributed by atoms with Gasteiger partial charge in [-0.25, -0.2) is 4.79 Å². The molecule has 0 aliphatic carbocycles. The maximum atomic E-state index is 11.6. The Bertz CT molecular complexity index is 570. The highest BCUT2D eigenvalue weighted by Gasteiger charge is 2.28. The number of thiophene rings is 1. The fraction of sp³-hybridized carbons (Fsp3) is 0.0714. The van der Waals surface area contributed by atoms with Crippen LogP contribution in [0.25, 0.3) is 6.08 Å². The van der Waals surface area contributed by atoms with Gasteiger partial charge in [0.15, 0.2) is 0 Å². The van der Waals surface area contributed by atoms with Crippen molar-refractivity contribution in [3.05, 3.63) is 63.9 Å². The van der Waals surface area contributed by atoms with Gasteiger partial charge in [-0.2, -0.15) is 0 Å². The van der Waals surface area contributed by atoms with Crippen LogP contribution in [0.4, 0.5) is 0 Å². The molecule has 0 amide bonds. The SMILES string of the molecule is O=C1OC(/C=C/c2cccs2)c2ccccc21. The lowest BCUT2D eigenvalue weighted by Gasteiger charge is -2.03. The molecule has 1 atom stereocenters. The molecule has 84 valence electrons.